The Bertz CT molecular complexity index is 754. The van der Waals surface area contributed by atoms with E-state index < -0.39 is 0 Å². The molecule has 0 saturated carbocycles. The molecule has 1 aromatic heterocycles. The van der Waals surface area contributed by atoms with Crippen LogP contribution in [0.25, 0.3) is 0 Å². The van der Waals surface area contributed by atoms with E-state index in [2.05, 4.69) is 5.16 Å². The fraction of sp³-hybridized carbons (Fsp3) is 0.389. The van der Waals surface area contributed by atoms with Crippen molar-refractivity contribution >= 4 is 11.8 Å². The Morgan fingerprint density at radius 1 is 1.28 bits per heavy atom. The number of hydrogen-bond acceptors (Lipinski definition) is 5. The van der Waals surface area contributed by atoms with Gasteiger partial charge in [0.05, 0.1) is 25.8 Å². The van der Waals surface area contributed by atoms with Gasteiger partial charge in [0, 0.05) is 25.7 Å². The van der Waals surface area contributed by atoms with Crippen LogP contribution >= 0.6 is 0 Å². The van der Waals surface area contributed by atoms with E-state index in [0.29, 0.717) is 25.4 Å². The lowest BCUT2D eigenvalue weighted by atomic mass is 10.1. The standard InChI is InChI=1S/C18H21N3O4/c1-13-9-16(25-19-13)10-17(22)21-8-7-20(18(23)12-21)11-14-3-5-15(24-2)6-4-14/h3-6,9H,7-8,10-12H2,1-2H3. The van der Waals surface area contributed by atoms with Crippen LogP contribution < -0.4 is 4.74 Å². The Hall–Kier alpha value is -2.83. The second-order valence-electron chi connectivity index (χ2n) is 6.09. The van der Waals surface area contributed by atoms with Gasteiger partial charge in [-0.25, -0.2) is 0 Å². The minimum absolute atomic E-state index is 0.0517. The van der Waals surface area contributed by atoms with E-state index in [4.69, 9.17) is 9.26 Å². The van der Waals surface area contributed by atoms with Crippen molar-refractivity contribution in [2.75, 3.05) is 26.7 Å². The van der Waals surface area contributed by atoms with Gasteiger partial charge in [-0.1, -0.05) is 17.3 Å². The normalized spacial score (nSPS) is 14.7. The Balaban J connectivity index is 1.54. The van der Waals surface area contributed by atoms with Crippen LogP contribution in [0.5, 0.6) is 5.75 Å². The van der Waals surface area contributed by atoms with Crippen molar-refractivity contribution < 1.29 is 18.8 Å². The van der Waals surface area contributed by atoms with Crippen molar-refractivity contribution in [2.24, 2.45) is 0 Å². The molecule has 25 heavy (non-hydrogen) atoms. The minimum atomic E-state index is -0.117. The molecule has 0 radical (unpaired) electrons. The number of methoxy groups -OCH3 is 1. The molecule has 2 amide bonds. The summed E-state index contributed by atoms with van der Waals surface area (Å²) in [6.45, 7) is 3.48. The molecule has 1 aliphatic rings. The van der Waals surface area contributed by atoms with Gasteiger partial charge in [0.1, 0.15) is 11.5 Å². The fourth-order valence-corrected chi connectivity index (χ4v) is 2.80. The number of aromatic nitrogens is 1. The Morgan fingerprint density at radius 2 is 2.04 bits per heavy atom. The van der Waals surface area contributed by atoms with Gasteiger partial charge in [-0.2, -0.15) is 0 Å². The first-order valence-corrected chi connectivity index (χ1v) is 8.16. The third kappa shape index (κ3) is 4.17. The number of aryl methyl sites for hydroxylation is 1. The summed E-state index contributed by atoms with van der Waals surface area (Å²) < 4.78 is 10.2. The van der Waals surface area contributed by atoms with Crippen LogP contribution in [-0.4, -0.2) is 53.5 Å². The largest absolute Gasteiger partial charge is 0.497 e. The summed E-state index contributed by atoms with van der Waals surface area (Å²) >= 11 is 0. The first kappa shape index (κ1) is 17.0. The first-order chi connectivity index (χ1) is 12.0. The minimum Gasteiger partial charge on any atom is -0.497 e. The molecule has 0 atom stereocenters. The number of hydrogen-bond donors (Lipinski definition) is 0. The van der Waals surface area contributed by atoms with Gasteiger partial charge in [-0.05, 0) is 24.6 Å². The zero-order valence-electron chi connectivity index (χ0n) is 14.4. The molecule has 0 bridgehead atoms. The van der Waals surface area contributed by atoms with Crippen LogP contribution in [-0.2, 0) is 22.6 Å². The first-order valence-electron chi connectivity index (χ1n) is 8.16. The summed E-state index contributed by atoms with van der Waals surface area (Å²) in [5.74, 6) is 1.14. The van der Waals surface area contributed by atoms with Crippen LogP contribution in [0.2, 0.25) is 0 Å². The molecule has 0 N–H and O–H groups in total. The molecule has 2 aromatic rings. The van der Waals surface area contributed by atoms with Gasteiger partial charge in [0.15, 0.2) is 0 Å². The van der Waals surface area contributed by atoms with E-state index in [-0.39, 0.29) is 24.8 Å². The lowest BCUT2D eigenvalue weighted by molar-refractivity contribution is -0.145. The molecule has 1 saturated heterocycles. The molecule has 2 heterocycles. The predicted molar refractivity (Wildman–Crippen MR) is 89.9 cm³/mol. The predicted octanol–water partition coefficient (Wildman–Crippen LogP) is 1.41. The van der Waals surface area contributed by atoms with E-state index in [9.17, 15) is 9.59 Å². The third-order valence-corrected chi connectivity index (χ3v) is 4.21. The summed E-state index contributed by atoms with van der Waals surface area (Å²) in [7, 11) is 1.62. The maximum Gasteiger partial charge on any atom is 0.242 e. The monoisotopic (exact) mass is 343 g/mol. The Kier molecular flexibility index (Phi) is 5.02. The summed E-state index contributed by atoms with van der Waals surface area (Å²) in [5.41, 5.74) is 1.77. The van der Waals surface area contributed by atoms with Gasteiger partial charge < -0.3 is 19.1 Å². The highest BCUT2D eigenvalue weighted by atomic mass is 16.5. The molecule has 0 aliphatic carbocycles. The van der Waals surface area contributed by atoms with Gasteiger partial charge in [-0.3, -0.25) is 9.59 Å². The highest BCUT2D eigenvalue weighted by Gasteiger charge is 2.27. The summed E-state index contributed by atoms with van der Waals surface area (Å²) in [5, 5.41) is 3.77. The Labute approximate surface area is 146 Å². The quantitative estimate of drug-likeness (QED) is 0.820. The number of rotatable bonds is 5. The van der Waals surface area contributed by atoms with E-state index >= 15 is 0 Å². The van der Waals surface area contributed by atoms with Gasteiger partial charge >= 0.3 is 0 Å². The number of nitrogens with zero attached hydrogens (tertiary/aromatic N) is 3. The van der Waals surface area contributed by atoms with Crippen LogP contribution in [0, 0.1) is 6.92 Å². The summed E-state index contributed by atoms with van der Waals surface area (Å²) in [6.07, 6.45) is 0.132. The second-order valence-corrected chi connectivity index (χ2v) is 6.09. The SMILES string of the molecule is COc1ccc(CN2CCN(C(=O)Cc3cc(C)no3)CC2=O)cc1. The zero-order chi connectivity index (χ0) is 17.8. The summed E-state index contributed by atoms with van der Waals surface area (Å²) in [6, 6.07) is 9.36. The van der Waals surface area contributed by atoms with E-state index in [0.717, 1.165) is 17.0 Å². The lowest BCUT2D eigenvalue weighted by Crippen LogP contribution is -2.52. The second kappa shape index (κ2) is 7.38. The molecular weight excluding hydrogens is 322 g/mol. The molecule has 0 unspecified atom stereocenters. The van der Waals surface area contributed by atoms with Crippen LogP contribution in [0.15, 0.2) is 34.9 Å². The number of benzene rings is 1. The smallest absolute Gasteiger partial charge is 0.242 e. The summed E-state index contributed by atoms with van der Waals surface area (Å²) in [4.78, 5) is 28.0. The lowest BCUT2D eigenvalue weighted by Gasteiger charge is -2.34. The van der Waals surface area contributed by atoms with Crippen LogP contribution in [0.4, 0.5) is 0 Å². The van der Waals surface area contributed by atoms with Crippen LogP contribution in [0.1, 0.15) is 17.0 Å². The third-order valence-electron chi connectivity index (χ3n) is 4.21. The van der Waals surface area contributed by atoms with Crippen molar-refractivity contribution in [3.63, 3.8) is 0 Å². The maximum atomic E-state index is 12.4. The number of ether oxygens (including phenoxy) is 1. The van der Waals surface area contributed by atoms with Crippen LogP contribution in [0.3, 0.4) is 0 Å². The van der Waals surface area contributed by atoms with E-state index in [1.54, 1.807) is 29.9 Å². The topological polar surface area (TPSA) is 75.9 Å². The van der Waals surface area contributed by atoms with Crippen molar-refractivity contribution in [1.29, 1.82) is 0 Å². The molecule has 1 fully saturated rings. The van der Waals surface area contributed by atoms with Crippen molar-refractivity contribution in [2.45, 2.75) is 19.9 Å². The van der Waals surface area contributed by atoms with Crippen molar-refractivity contribution in [3.05, 3.63) is 47.3 Å². The van der Waals surface area contributed by atoms with Gasteiger partial charge in [-0.15, -0.1) is 0 Å². The highest BCUT2D eigenvalue weighted by molar-refractivity contribution is 5.86. The van der Waals surface area contributed by atoms with E-state index in [1.807, 2.05) is 24.3 Å². The van der Waals surface area contributed by atoms with Gasteiger partial charge in [0.25, 0.3) is 0 Å². The highest BCUT2D eigenvalue weighted by Crippen LogP contribution is 2.15. The molecule has 7 nitrogen and oxygen atoms in total. The molecule has 132 valence electrons. The maximum absolute atomic E-state index is 12.4. The average molecular weight is 343 g/mol. The fourth-order valence-electron chi connectivity index (χ4n) is 2.80. The van der Waals surface area contributed by atoms with Crippen molar-refractivity contribution in [1.82, 2.24) is 15.0 Å². The average Bonchev–Trinajstić information content (AvgIpc) is 3.02. The molecule has 7 heteroatoms. The zero-order valence-corrected chi connectivity index (χ0v) is 14.4. The Morgan fingerprint density at radius 3 is 2.64 bits per heavy atom. The number of carbonyl (C=O) groups is 2. The number of piperazine rings is 1. The number of carbonyl (C=O) groups excluding carboxylic acids is 2. The number of amides is 2. The molecule has 1 aromatic carbocycles. The molecule has 3 rings (SSSR count). The van der Waals surface area contributed by atoms with Gasteiger partial charge in [0.2, 0.25) is 11.8 Å². The van der Waals surface area contributed by atoms with E-state index in [1.165, 1.54) is 0 Å². The molecule has 1 aliphatic heterocycles. The molecular formula is C18H21N3O4. The molecule has 0 spiro atoms. The van der Waals surface area contributed by atoms with Crippen molar-refractivity contribution in [3.8, 4) is 5.75 Å².